The summed E-state index contributed by atoms with van der Waals surface area (Å²) in [5.74, 6) is -0.320. The van der Waals surface area contributed by atoms with Crippen molar-refractivity contribution in [2.45, 2.75) is 5.60 Å². The van der Waals surface area contributed by atoms with E-state index in [9.17, 15) is 4.79 Å². The average molecular weight is 359 g/mol. The Bertz CT molecular complexity index is 970. The van der Waals surface area contributed by atoms with Crippen molar-refractivity contribution in [2.24, 2.45) is 4.99 Å². The van der Waals surface area contributed by atoms with E-state index < -0.39 is 5.60 Å². The molecule has 1 unspecified atom stereocenters. The first-order valence-electron chi connectivity index (χ1n) is 8.32. The molecule has 1 heterocycles. The second-order valence-electron chi connectivity index (χ2n) is 5.94. The van der Waals surface area contributed by atoms with Crippen LogP contribution in [0.15, 0.2) is 89.9 Å². The molecular weight excluding hydrogens is 342 g/mol. The standard InChI is InChI=1S/C22H17NO2S/c1-26-21(23-17-12-6-3-7-13-17)22(16-10-4-2-5-11-16)19-15-9-8-14-18(19)20(24)25-22/h2-15H,1H3. The van der Waals surface area contributed by atoms with Gasteiger partial charge in [-0.05, 0) is 24.5 Å². The van der Waals surface area contributed by atoms with Gasteiger partial charge in [0, 0.05) is 11.1 Å². The molecule has 26 heavy (non-hydrogen) atoms. The molecule has 0 saturated heterocycles. The molecule has 0 fully saturated rings. The van der Waals surface area contributed by atoms with Crippen molar-refractivity contribution < 1.29 is 9.53 Å². The van der Waals surface area contributed by atoms with Gasteiger partial charge in [-0.3, -0.25) is 0 Å². The van der Waals surface area contributed by atoms with Crippen LogP contribution in [-0.2, 0) is 10.3 Å². The topological polar surface area (TPSA) is 38.7 Å². The van der Waals surface area contributed by atoms with Gasteiger partial charge < -0.3 is 4.74 Å². The van der Waals surface area contributed by atoms with Crippen LogP contribution in [0.3, 0.4) is 0 Å². The van der Waals surface area contributed by atoms with Gasteiger partial charge >= 0.3 is 5.97 Å². The van der Waals surface area contributed by atoms with E-state index in [1.54, 1.807) is 0 Å². The SMILES string of the molecule is CSC(=Nc1ccccc1)C1(c2ccccc2)OC(=O)c2ccccc21. The highest BCUT2D eigenvalue weighted by atomic mass is 32.2. The highest BCUT2D eigenvalue weighted by Gasteiger charge is 2.50. The third-order valence-electron chi connectivity index (χ3n) is 4.43. The number of para-hydroxylation sites is 1. The van der Waals surface area contributed by atoms with Gasteiger partial charge in [0.15, 0.2) is 0 Å². The average Bonchev–Trinajstić information content (AvgIpc) is 3.01. The molecule has 0 bridgehead atoms. The maximum atomic E-state index is 12.6. The zero-order chi connectivity index (χ0) is 18.0. The number of fused-ring (bicyclic) bond motifs is 1. The molecule has 3 nitrogen and oxygen atoms in total. The fourth-order valence-electron chi connectivity index (χ4n) is 3.27. The van der Waals surface area contributed by atoms with Crippen molar-refractivity contribution in [2.75, 3.05) is 6.26 Å². The molecule has 0 radical (unpaired) electrons. The summed E-state index contributed by atoms with van der Waals surface area (Å²) >= 11 is 1.49. The van der Waals surface area contributed by atoms with E-state index in [-0.39, 0.29) is 5.97 Å². The van der Waals surface area contributed by atoms with Crippen LogP contribution in [-0.4, -0.2) is 17.3 Å². The number of benzene rings is 3. The quantitative estimate of drug-likeness (QED) is 0.367. The van der Waals surface area contributed by atoms with Gasteiger partial charge in [-0.2, -0.15) is 0 Å². The number of cyclic esters (lactones) is 1. The van der Waals surface area contributed by atoms with E-state index in [1.807, 2.05) is 91.2 Å². The molecule has 1 atom stereocenters. The largest absolute Gasteiger partial charge is 0.438 e. The summed E-state index contributed by atoms with van der Waals surface area (Å²) in [5, 5.41) is 0.730. The summed E-state index contributed by atoms with van der Waals surface area (Å²) < 4.78 is 6.04. The Morgan fingerprint density at radius 1 is 0.885 bits per heavy atom. The van der Waals surface area contributed by atoms with Crippen LogP contribution in [0.25, 0.3) is 0 Å². The number of thioether (sulfide) groups is 1. The minimum atomic E-state index is -1.02. The van der Waals surface area contributed by atoms with E-state index >= 15 is 0 Å². The maximum Gasteiger partial charge on any atom is 0.340 e. The van der Waals surface area contributed by atoms with E-state index in [2.05, 4.69) is 0 Å². The number of aliphatic imine (C=N–C) groups is 1. The molecule has 128 valence electrons. The molecule has 0 aromatic heterocycles. The summed E-state index contributed by atoms with van der Waals surface area (Å²) in [6.07, 6.45) is 1.96. The molecule has 1 aliphatic heterocycles. The Kier molecular flexibility index (Phi) is 4.35. The number of hydrogen-bond donors (Lipinski definition) is 0. The Balaban J connectivity index is 1.99. The first-order valence-corrected chi connectivity index (χ1v) is 9.55. The summed E-state index contributed by atoms with van der Waals surface area (Å²) in [6.45, 7) is 0. The van der Waals surface area contributed by atoms with Crippen LogP contribution >= 0.6 is 11.8 Å². The van der Waals surface area contributed by atoms with Crippen molar-refractivity contribution in [3.8, 4) is 0 Å². The Morgan fingerprint density at radius 2 is 1.50 bits per heavy atom. The summed E-state index contributed by atoms with van der Waals surface area (Å²) in [5.41, 5.74) is 2.12. The molecule has 0 aliphatic carbocycles. The predicted octanol–water partition coefficient (Wildman–Crippen LogP) is 5.19. The zero-order valence-electron chi connectivity index (χ0n) is 14.3. The third kappa shape index (κ3) is 2.63. The van der Waals surface area contributed by atoms with E-state index in [4.69, 9.17) is 9.73 Å². The molecule has 3 aromatic carbocycles. The number of carbonyl (C=O) groups excluding carboxylic acids is 1. The predicted molar refractivity (Wildman–Crippen MR) is 106 cm³/mol. The van der Waals surface area contributed by atoms with Crippen LogP contribution < -0.4 is 0 Å². The van der Waals surface area contributed by atoms with Crippen molar-refractivity contribution >= 4 is 28.5 Å². The van der Waals surface area contributed by atoms with Crippen molar-refractivity contribution in [3.63, 3.8) is 0 Å². The lowest BCUT2D eigenvalue weighted by Gasteiger charge is -2.30. The van der Waals surface area contributed by atoms with Crippen LogP contribution in [0.1, 0.15) is 21.5 Å². The minimum Gasteiger partial charge on any atom is -0.438 e. The molecule has 0 N–H and O–H groups in total. The first-order chi connectivity index (χ1) is 12.8. The van der Waals surface area contributed by atoms with Crippen LogP contribution in [0.5, 0.6) is 0 Å². The van der Waals surface area contributed by atoms with Gasteiger partial charge in [0.05, 0.1) is 11.3 Å². The Morgan fingerprint density at radius 3 is 2.19 bits per heavy atom. The minimum absolute atomic E-state index is 0.320. The Hall–Kier alpha value is -2.85. The molecule has 0 amide bonds. The molecule has 0 saturated carbocycles. The van der Waals surface area contributed by atoms with Crippen molar-refractivity contribution in [1.82, 2.24) is 0 Å². The lowest BCUT2D eigenvalue weighted by molar-refractivity contribution is 0.0336. The number of carbonyl (C=O) groups is 1. The molecule has 4 rings (SSSR count). The summed E-state index contributed by atoms with van der Waals surface area (Å²) in [6, 6.07) is 27.1. The second kappa shape index (κ2) is 6.81. The summed E-state index contributed by atoms with van der Waals surface area (Å²) in [7, 11) is 0. The van der Waals surface area contributed by atoms with Crippen LogP contribution in [0, 0.1) is 0 Å². The van der Waals surface area contributed by atoms with Crippen LogP contribution in [0.2, 0.25) is 0 Å². The number of esters is 1. The molecule has 1 aliphatic rings. The highest BCUT2D eigenvalue weighted by molar-refractivity contribution is 8.13. The second-order valence-corrected chi connectivity index (χ2v) is 6.73. The van der Waals surface area contributed by atoms with Gasteiger partial charge in [0.25, 0.3) is 0 Å². The highest BCUT2D eigenvalue weighted by Crippen LogP contribution is 2.45. The Labute approximate surface area is 156 Å². The number of nitrogens with zero attached hydrogens (tertiary/aromatic N) is 1. The van der Waals surface area contributed by atoms with Gasteiger partial charge in [-0.1, -0.05) is 66.7 Å². The van der Waals surface area contributed by atoms with Crippen molar-refractivity contribution in [1.29, 1.82) is 0 Å². The molecular formula is C22H17NO2S. The van der Waals surface area contributed by atoms with Gasteiger partial charge in [0.1, 0.15) is 5.04 Å². The zero-order valence-corrected chi connectivity index (χ0v) is 15.1. The van der Waals surface area contributed by atoms with Gasteiger partial charge in [0.2, 0.25) is 5.60 Å². The van der Waals surface area contributed by atoms with E-state index in [0.717, 1.165) is 21.9 Å². The van der Waals surface area contributed by atoms with Gasteiger partial charge in [-0.15, -0.1) is 11.8 Å². The van der Waals surface area contributed by atoms with E-state index in [0.29, 0.717) is 5.56 Å². The number of hydrogen-bond acceptors (Lipinski definition) is 4. The smallest absolute Gasteiger partial charge is 0.340 e. The third-order valence-corrected chi connectivity index (χ3v) is 5.20. The fraction of sp³-hybridized carbons (Fsp3) is 0.0909. The fourth-order valence-corrected chi connectivity index (χ4v) is 4.03. The lowest BCUT2D eigenvalue weighted by atomic mass is 9.86. The molecule has 4 heteroatoms. The summed E-state index contributed by atoms with van der Waals surface area (Å²) in [4.78, 5) is 17.5. The van der Waals surface area contributed by atoms with E-state index in [1.165, 1.54) is 11.8 Å². The van der Waals surface area contributed by atoms with Crippen molar-refractivity contribution in [3.05, 3.63) is 102 Å². The maximum absolute atomic E-state index is 12.6. The first kappa shape index (κ1) is 16.6. The molecule has 0 spiro atoms. The monoisotopic (exact) mass is 359 g/mol. The lowest BCUT2D eigenvalue weighted by Crippen LogP contribution is -2.35. The van der Waals surface area contributed by atoms with Gasteiger partial charge in [-0.25, -0.2) is 9.79 Å². The number of ether oxygens (including phenoxy) is 1. The number of rotatable bonds is 3. The normalized spacial score (nSPS) is 19.1. The molecule has 3 aromatic rings. The van der Waals surface area contributed by atoms with Crippen LogP contribution in [0.4, 0.5) is 5.69 Å².